The lowest BCUT2D eigenvalue weighted by molar-refractivity contribution is -0.142. The van der Waals surface area contributed by atoms with E-state index in [-0.39, 0.29) is 18.3 Å². The molecule has 1 saturated heterocycles. The summed E-state index contributed by atoms with van der Waals surface area (Å²) >= 11 is 0. The quantitative estimate of drug-likeness (QED) is 0.778. The molecular formula is C10H12ClNO2. The van der Waals surface area contributed by atoms with Crippen LogP contribution in [0.25, 0.3) is 0 Å². The van der Waals surface area contributed by atoms with Gasteiger partial charge in [-0.05, 0) is 5.56 Å². The topological polar surface area (TPSA) is 49.3 Å². The van der Waals surface area contributed by atoms with Crippen molar-refractivity contribution >= 4 is 18.4 Å². The van der Waals surface area contributed by atoms with Crippen LogP contribution in [0.15, 0.2) is 30.3 Å². The van der Waals surface area contributed by atoms with Gasteiger partial charge in [0.15, 0.2) is 0 Å². The summed E-state index contributed by atoms with van der Waals surface area (Å²) in [7, 11) is 0. The lowest BCUT2D eigenvalue weighted by Crippen LogP contribution is -2.55. The van der Waals surface area contributed by atoms with Gasteiger partial charge in [0.25, 0.3) is 0 Å². The van der Waals surface area contributed by atoms with E-state index in [1.807, 2.05) is 30.3 Å². The maximum Gasteiger partial charge on any atom is 0.321 e. The van der Waals surface area contributed by atoms with E-state index < -0.39 is 12.0 Å². The van der Waals surface area contributed by atoms with Crippen LogP contribution >= 0.6 is 12.4 Å². The largest absolute Gasteiger partial charge is 0.480 e. The molecule has 4 heteroatoms. The first-order valence-electron chi connectivity index (χ1n) is 4.30. The van der Waals surface area contributed by atoms with Gasteiger partial charge in [-0.1, -0.05) is 30.3 Å². The molecule has 2 N–H and O–H groups in total. The summed E-state index contributed by atoms with van der Waals surface area (Å²) in [6.45, 7) is 0.765. The van der Waals surface area contributed by atoms with Gasteiger partial charge in [0.05, 0.1) is 0 Å². The van der Waals surface area contributed by atoms with Gasteiger partial charge in [0.1, 0.15) is 6.04 Å². The van der Waals surface area contributed by atoms with E-state index >= 15 is 0 Å². The first-order chi connectivity index (χ1) is 6.29. The zero-order chi connectivity index (χ0) is 9.26. The van der Waals surface area contributed by atoms with Gasteiger partial charge >= 0.3 is 5.97 Å². The van der Waals surface area contributed by atoms with Crippen molar-refractivity contribution < 1.29 is 9.90 Å². The van der Waals surface area contributed by atoms with E-state index in [0.29, 0.717) is 0 Å². The van der Waals surface area contributed by atoms with Crippen molar-refractivity contribution in [1.82, 2.24) is 5.32 Å². The molecule has 1 aliphatic heterocycles. The summed E-state index contributed by atoms with van der Waals surface area (Å²) in [5.41, 5.74) is 1.11. The van der Waals surface area contributed by atoms with E-state index in [0.717, 1.165) is 12.1 Å². The minimum atomic E-state index is -0.764. The fourth-order valence-electron chi connectivity index (χ4n) is 1.62. The Balaban J connectivity index is 0.000000980. The van der Waals surface area contributed by atoms with Gasteiger partial charge in [-0.3, -0.25) is 4.79 Å². The lowest BCUT2D eigenvalue weighted by Gasteiger charge is -2.35. The third-order valence-corrected chi connectivity index (χ3v) is 2.45. The highest BCUT2D eigenvalue weighted by molar-refractivity contribution is 5.85. The van der Waals surface area contributed by atoms with Crippen molar-refractivity contribution in [3.05, 3.63) is 35.9 Å². The predicted molar refractivity (Wildman–Crippen MR) is 55.9 cm³/mol. The highest BCUT2D eigenvalue weighted by Gasteiger charge is 2.36. The normalized spacial score (nSPS) is 24.6. The van der Waals surface area contributed by atoms with Crippen LogP contribution in [0.1, 0.15) is 11.5 Å². The van der Waals surface area contributed by atoms with Crippen molar-refractivity contribution in [1.29, 1.82) is 0 Å². The summed E-state index contributed by atoms with van der Waals surface area (Å²) < 4.78 is 0. The number of carbonyl (C=O) groups is 1. The van der Waals surface area contributed by atoms with Crippen LogP contribution in [0.4, 0.5) is 0 Å². The molecule has 1 aromatic rings. The molecule has 0 spiro atoms. The molecule has 3 nitrogen and oxygen atoms in total. The van der Waals surface area contributed by atoms with Crippen molar-refractivity contribution in [3.8, 4) is 0 Å². The zero-order valence-electron chi connectivity index (χ0n) is 7.51. The summed E-state index contributed by atoms with van der Waals surface area (Å²) in [6, 6.07) is 9.36. The molecule has 0 aliphatic carbocycles. The summed E-state index contributed by atoms with van der Waals surface area (Å²) in [5.74, 6) is -0.626. The second-order valence-electron chi connectivity index (χ2n) is 3.24. The van der Waals surface area contributed by atoms with Crippen LogP contribution in [-0.4, -0.2) is 23.7 Å². The summed E-state index contributed by atoms with van der Waals surface area (Å²) in [6.07, 6.45) is 0. The Morgan fingerprint density at radius 2 is 2.00 bits per heavy atom. The van der Waals surface area contributed by atoms with Crippen LogP contribution in [0, 0.1) is 0 Å². The average molecular weight is 214 g/mol. The fraction of sp³-hybridized carbons (Fsp3) is 0.300. The number of carboxylic acids is 1. The van der Waals surface area contributed by atoms with E-state index in [9.17, 15) is 4.79 Å². The van der Waals surface area contributed by atoms with E-state index in [2.05, 4.69) is 5.32 Å². The SMILES string of the molecule is Cl.O=C(O)[C@H]1NC[C@@H]1c1ccccc1. The first-order valence-corrected chi connectivity index (χ1v) is 4.30. The van der Waals surface area contributed by atoms with Crippen molar-refractivity contribution in [2.24, 2.45) is 0 Å². The van der Waals surface area contributed by atoms with Gasteiger partial charge in [-0.2, -0.15) is 0 Å². The summed E-state index contributed by atoms with van der Waals surface area (Å²) in [5, 5.41) is 11.7. The third-order valence-electron chi connectivity index (χ3n) is 2.45. The van der Waals surface area contributed by atoms with Crippen LogP contribution in [0.2, 0.25) is 0 Å². The molecule has 0 radical (unpaired) electrons. The number of benzene rings is 1. The lowest BCUT2D eigenvalue weighted by atomic mass is 9.85. The first kappa shape index (κ1) is 11.0. The molecule has 1 aliphatic rings. The monoisotopic (exact) mass is 213 g/mol. The highest BCUT2D eigenvalue weighted by atomic mass is 35.5. The van der Waals surface area contributed by atoms with Crippen molar-refractivity contribution in [2.75, 3.05) is 6.54 Å². The van der Waals surface area contributed by atoms with Crippen LogP contribution < -0.4 is 5.32 Å². The van der Waals surface area contributed by atoms with Gasteiger partial charge in [-0.15, -0.1) is 12.4 Å². The van der Waals surface area contributed by atoms with Gasteiger partial charge in [0.2, 0.25) is 0 Å². The predicted octanol–water partition coefficient (Wildman–Crippen LogP) is 1.25. The Labute approximate surface area is 88.5 Å². The molecule has 0 amide bonds. The Hall–Kier alpha value is -1.06. The number of rotatable bonds is 2. The Kier molecular flexibility index (Phi) is 3.49. The molecule has 2 rings (SSSR count). The number of hydrogen-bond acceptors (Lipinski definition) is 2. The maximum atomic E-state index is 10.7. The Bertz CT molecular complexity index is 315. The molecular weight excluding hydrogens is 202 g/mol. The molecule has 1 fully saturated rings. The van der Waals surface area contributed by atoms with Crippen molar-refractivity contribution in [2.45, 2.75) is 12.0 Å². The van der Waals surface area contributed by atoms with Crippen LogP contribution in [-0.2, 0) is 4.79 Å². The Morgan fingerprint density at radius 3 is 2.43 bits per heavy atom. The molecule has 0 aromatic heterocycles. The second kappa shape index (κ2) is 4.44. The number of halogens is 1. The van der Waals surface area contributed by atoms with Gasteiger partial charge < -0.3 is 10.4 Å². The van der Waals surface area contributed by atoms with Gasteiger partial charge in [0, 0.05) is 12.5 Å². The Morgan fingerprint density at radius 1 is 1.36 bits per heavy atom. The molecule has 0 unspecified atom stereocenters. The standard InChI is InChI=1S/C10H11NO2.ClH/c12-10(13)9-8(6-11-9)7-4-2-1-3-5-7;/h1-5,8-9,11H,6H2,(H,12,13);1H/t8-,9+;/m1./s1. The fourth-order valence-corrected chi connectivity index (χ4v) is 1.62. The molecule has 76 valence electrons. The van der Waals surface area contributed by atoms with Crippen LogP contribution in [0.3, 0.4) is 0 Å². The third kappa shape index (κ3) is 1.89. The molecule has 1 aromatic carbocycles. The number of hydrogen-bond donors (Lipinski definition) is 2. The number of carboxylic acid groups (broad SMARTS) is 1. The second-order valence-corrected chi connectivity index (χ2v) is 3.24. The van der Waals surface area contributed by atoms with Gasteiger partial charge in [-0.25, -0.2) is 0 Å². The molecule has 2 atom stereocenters. The number of aliphatic carboxylic acids is 1. The minimum Gasteiger partial charge on any atom is -0.480 e. The molecule has 0 saturated carbocycles. The number of nitrogens with one attached hydrogen (secondary N) is 1. The van der Waals surface area contributed by atoms with E-state index in [1.54, 1.807) is 0 Å². The molecule has 0 bridgehead atoms. The van der Waals surface area contributed by atoms with Crippen molar-refractivity contribution in [3.63, 3.8) is 0 Å². The van der Waals surface area contributed by atoms with E-state index in [1.165, 1.54) is 0 Å². The highest BCUT2D eigenvalue weighted by Crippen LogP contribution is 2.25. The maximum absolute atomic E-state index is 10.7. The zero-order valence-corrected chi connectivity index (χ0v) is 8.33. The average Bonchev–Trinajstić information content (AvgIpc) is 2.02. The smallest absolute Gasteiger partial charge is 0.321 e. The molecule has 1 heterocycles. The van der Waals surface area contributed by atoms with Crippen LogP contribution in [0.5, 0.6) is 0 Å². The minimum absolute atomic E-state index is 0. The molecule has 14 heavy (non-hydrogen) atoms. The van der Waals surface area contributed by atoms with E-state index in [4.69, 9.17) is 5.11 Å². The summed E-state index contributed by atoms with van der Waals surface area (Å²) in [4.78, 5) is 10.7.